The number of rotatable bonds is 5. The quantitative estimate of drug-likeness (QED) is 0.621. The van der Waals surface area contributed by atoms with E-state index in [4.69, 9.17) is 14.2 Å². The summed E-state index contributed by atoms with van der Waals surface area (Å²) in [5.41, 5.74) is 1.51. The first-order valence-electron chi connectivity index (χ1n) is 9.57. The molecule has 2 aromatic heterocycles. The summed E-state index contributed by atoms with van der Waals surface area (Å²) in [5.74, 6) is 2.71. The van der Waals surface area contributed by atoms with E-state index in [9.17, 15) is 4.79 Å². The molecule has 0 N–H and O–H groups in total. The van der Waals surface area contributed by atoms with Crippen LogP contribution in [0.2, 0.25) is 0 Å². The third-order valence-electron chi connectivity index (χ3n) is 5.26. The van der Waals surface area contributed by atoms with Crippen molar-refractivity contribution in [3.8, 4) is 17.2 Å². The average molecular weight is 412 g/mol. The summed E-state index contributed by atoms with van der Waals surface area (Å²) in [7, 11) is 4.60. The van der Waals surface area contributed by atoms with Crippen LogP contribution in [0.4, 0.5) is 5.82 Å². The lowest BCUT2D eigenvalue weighted by Crippen LogP contribution is -2.49. The van der Waals surface area contributed by atoms with Crippen molar-refractivity contribution in [3.63, 3.8) is 0 Å². The fourth-order valence-corrected chi connectivity index (χ4v) is 3.63. The van der Waals surface area contributed by atoms with Gasteiger partial charge in [-0.15, -0.1) is 10.2 Å². The Kier molecular flexibility index (Phi) is 5.30. The summed E-state index contributed by atoms with van der Waals surface area (Å²) in [6.45, 7) is 4.49. The maximum atomic E-state index is 13.1. The molecule has 30 heavy (non-hydrogen) atoms. The summed E-state index contributed by atoms with van der Waals surface area (Å²) in [4.78, 5) is 21.6. The van der Waals surface area contributed by atoms with Crippen molar-refractivity contribution in [2.24, 2.45) is 0 Å². The second-order valence-corrected chi connectivity index (χ2v) is 6.95. The smallest absolute Gasteiger partial charge is 0.256 e. The maximum Gasteiger partial charge on any atom is 0.256 e. The first kappa shape index (κ1) is 19.7. The van der Waals surface area contributed by atoms with Crippen LogP contribution in [0.3, 0.4) is 0 Å². The Morgan fingerprint density at radius 2 is 1.63 bits per heavy atom. The molecule has 1 aromatic carbocycles. The van der Waals surface area contributed by atoms with Crippen molar-refractivity contribution in [2.45, 2.75) is 6.92 Å². The number of amides is 1. The molecular weight excluding hydrogens is 388 g/mol. The first-order chi connectivity index (χ1) is 14.5. The van der Waals surface area contributed by atoms with Crippen LogP contribution in [-0.4, -0.2) is 77.9 Å². The molecule has 1 fully saturated rings. The minimum absolute atomic E-state index is 0.0778. The van der Waals surface area contributed by atoms with Crippen molar-refractivity contribution in [3.05, 3.63) is 35.8 Å². The molecule has 0 bridgehead atoms. The number of carbonyl (C=O) groups is 1. The summed E-state index contributed by atoms with van der Waals surface area (Å²) < 4.78 is 17.9. The second-order valence-electron chi connectivity index (χ2n) is 6.95. The summed E-state index contributed by atoms with van der Waals surface area (Å²) >= 11 is 0. The van der Waals surface area contributed by atoms with Gasteiger partial charge >= 0.3 is 0 Å². The lowest BCUT2D eigenvalue weighted by molar-refractivity contribution is 0.0745. The lowest BCUT2D eigenvalue weighted by atomic mass is 10.1. The Bertz CT molecular complexity index is 1050. The van der Waals surface area contributed by atoms with Crippen LogP contribution in [0.5, 0.6) is 17.2 Å². The van der Waals surface area contributed by atoms with Gasteiger partial charge in [0, 0.05) is 43.5 Å². The summed E-state index contributed by atoms with van der Waals surface area (Å²) in [6.07, 6.45) is 1.65. The molecule has 0 radical (unpaired) electrons. The number of aromatic nitrogens is 4. The zero-order valence-electron chi connectivity index (χ0n) is 17.5. The van der Waals surface area contributed by atoms with Crippen molar-refractivity contribution in [1.29, 1.82) is 0 Å². The molecular formula is C20H24N6O4. The van der Waals surface area contributed by atoms with Gasteiger partial charge in [0.25, 0.3) is 11.7 Å². The van der Waals surface area contributed by atoms with Crippen LogP contribution in [0.15, 0.2) is 24.5 Å². The van der Waals surface area contributed by atoms with Crippen LogP contribution in [-0.2, 0) is 0 Å². The van der Waals surface area contributed by atoms with Crippen LogP contribution in [0.25, 0.3) is 5.78 Å². The predicted octanol–water partition coefficient (Wildman–Crippen LogP) is 1.42. The molecule has 10 nitrogen and oxygen atoms in total. The second kappa shape index (κ2) is 8.05. The van der Waals surface area contributed by atoms with E-state index in [1.807, 2.05) is 22.3 Å². The largest absolute Gasteiger partial charge is 0.493 e. The maximum absolute atomic E-state index is 13.1. The molecule has 1 aliphatic heterocycles. The Labute approximate surface area is 174 Å². The van der Waals surface area contributed by atoms with Crippen LogP contribution in [0.1, 0.15) is 16.1 Å². The van der Waals surface area contributed by atoms with E-state index in [0.717, 1.165) is 11.5 Å². The standard InChI is InChI=1S/C20H24N6O4/c1-13-9-17(22-20-23-21-12-26(13)20)24-5-7-25(8-6-24)19(27)14-10-15(28-2)18(30-4)16(11-14)29-3/h9-12H,5-8H2,1-4H3. The van der Waals surface area contributed by atoms with Gasteiger partial charge in [-0.05, 0) is 19.1 Å². The molecule has 4 rings (SSSR count). The van der Waals surface area contributed by atoms with E-state index in [1.54, 1.807) is 18.5 Å². The minimum atomic E-state index is -0.0778. The van der Waals surface area contributed by atoms with Gasteiger partial charge in [0.15, 0.2) is 11.5 Å². The number of piperazine rings is 1. The number of anilines is 1. The van der Waals surface area contributed by atoms with Gasteiger partial charge in [0.05, 0.1) is 21.3 Å². The zero-order chi connectivity index (χ0) is 21.3. The highest BCUT2D eigenvalue weighted by Gasteiger charge is 2.25. The van der Waals surface area contributed by atoms with E-state index in [1.165, 1.54) is 21.3 Å². The van der Waals surface area contributed by atoms with Crippen molar-refractivity contribution < 1.29 is 19.0 Å². The Balaban J connectivity index is 1.50. The zero-order valence-corrected chi connectivity index (χ0v) is 17.5. The normalized spacial score (nSPS) is 14.1. The molecule has 0 unspecified atom stereocenters. The van der Waals surface area contributed by atoms with Crippen molar-refractivity contribution in [2.75, 3.05) is 52.4 Å². The highest BCUT2D eigenvalue weighted by atomic mass is 16.5. The molecule has 3 aromatic rings. The summed E-state index contributed by atoms with van der Waals surface area (Å²) in [6, 6.07) is 5.37. The molecule has 1 saturated heterocycles. The van der Waals surface area contributed by atoms with E-state index in [2.05, 4.69) is 20.1 Å². The molecule has 1 amide bonds. The SMILES string of the molecule is COc1cc(C(=O)N2CCN(c3cc(C)n4cnnc4n3)CC2)cc(OC)c1OC. The number of benzene rings is 1. The van der Waals surface area contributed by atoms with Gasteiger partial charge in [-0.1, -0.05) is 0 Å². The number of ether oxygens (including phenoxy) is 3. The van der Waals surface area contributed by atoms with E-state index >= 15 is 0 Å². The van der Waals surface area contributed by atoms with Gasteiger partial charge in [0.1, 0.15) is 12.1 Å². The minimum Gasteiger partial charge on any atom is -0.493 e. The van der Waals surface area contributed by atoms with Crippen molar-refractivity contribution in [1.82, 2.24) is 24.5 Å². The van der Waals surface area contributed by atoms with Crippen LogP contribution < -0.4 is 19.1 Å². The number of carbonyl (C=O) groups excluding carboxylic acids is 1. The van der Waals surface area contributed by atoms with Crippen LogP contribution >= 0.6 is 0 Å². The number of aryl methyl sites for hydroxylation is 1. The number of nitrogens with zero attached hydrogens (tertiary/aromatic N) is 6. The molecule has 10 heteroatoms. The Morgan fingerprint density at radius 3 is 2.23 bits per heavy atom. The molecule has 3 heterocycles. The average Bonchev–Trinajstić information content (AvgIpc) is 3.27. The van der Waals surface area contributed by atoms with Gasteiger partial charge < -0.3 is 24.0 Å². The van der Waals surface area contributed by atoms with Gasteiger partial charge in [0.2, 0.25) is 5.75 Å². The van der Waals surface area contributed by atoms with Gasteiger partial charge in [-0.25, -0.2) is 0 Å². The predicted molar refractivity (Wildman–Crippen MR) is 110 cm³/mol. The number of hydrogen-bond acceptors (Lipinski definition) is 8. The Morgan fingerprint density at radius 1 is 0.967 bits per heavy atom. The molecule has 0 spiro atoms. The fourth-order valence-electron chi connectivity index (χ4n) is 3.63. The van der Waals surface area contributed by atoms with Gasteiger partial charge in [-0.3, -0.25) is 9.20 Å². The lowest BCUT2D eigenvalue weighted by Gasteiger charge is -2.35. The first-order valence-corrected chi connectivity index (χ1v) is 9.57. The highest BCUT2D eigenvalue weighted by molar-refractivity contribution is 5.95. The number of fused-ring (bicyclic) bond motifs is 1. The van der Waals surface area contributed by atoms with Crippen LogP contribution in [0, 0.1) is 6.92 Å². The van der Waals surface area contributed by atoms with E-state index in [0.29, 0.717) is 54.8 Å². The summed E-state index contributed by atoms with van der Waals surface area (Å²) in [5, 5.41) is 7.95. The third-order valence-corrected chi connectivity index (χ3v) is 5.26. The Hall–Kier alpha value is -3.56. The van der Waals surface area contributed by atoms with E-state index in [-0.39, 0.29) is 5.91 Å². The molecule has 0 atom stereocenters. The number of hydrogen-bond donors (Lipinski definition) is 0. The number of methoxy groups -OCH3 is 3. The molecule has 1 aliphatic rings. The molecule has 158 valence electrons. The molecule has 0 aliphatic carbocycles. The fraction of sp³-hybridized carbons (Fsp3) is 0.400. The topological polar surface area (TPSA) is 94.3 Å². The van der Waals surface area contributed by atoms with Gasteiger partial charge in [-0.2, -0.15) is 4.98 Å². The third kappa shape index (κ3) is 3.44. The van der Waals surface area contributed by atoms with Crippen molar-refractivity contribution >= 4 is 17.5 Å². The monoisotopic (exact) mass is 412 g/mol. The molecule has 0 saturated carbocycles. The van der Waals surface area contributed by atoms with E-state index < -0.39 is 0 Å². The highest BCUT2D eigenvalue weighted by Crippen LogP contribution is 2.38.